The maximum absolute atomic E-state index is 12.3. The molecule has 18 heavy (non-hydrogen) atoms. The molecule has 2 rings (SSSR count). The largest absolute Gasteiger partial charge is 0.337 e. The van der Waals surface area contributed by atoms with Gasteiger partial charge >= 0.3 is 0 Å². The molecule has 4 nitrogen and oxygen atoms in total. The van der Waals surface area contributed by atoms with Gasteiger partial charge in [-0.15, -0.1) is 0 Å². The Balaban J connectivity index is 1.93. The first-order chi connectivity index (χ1) is 8.49. The lowest BCUT2D eigenvalue weighted by molar-refractivity contribution is -0.137. The Bertz CT molecular complexity index is 305. The normalized spacial score (nSPS) is 30.6. The Morgan fingerprint density at radius 2 is 2.11 bits per heavy atom. The van der Waals surface area contributed by atoms with Crippen molar-refractivity contribution in [2.24, 2.45) is 11.7 Å². The van der Waals surface area contributed by atoms with Gasteiger partial charge in [0, 0.05) is 37.6 Å². The number of amides is 1. The number of rotatable bonds is 3. The second-order valence-electron chi connectivity index (χ2n) is 6.30. The highest BCUT2D eigenvalue weighted by Crippen LogP contribution is 2.25. The van der Waals surface area contributed by atoms with Crippen molar-refractivity contribution in [1.82, 2.24) is 9.80 Å². The number of carbonyl (C=O) groups excluding carboxylic acids is 1. The molecule has 2 aliphatic heterocycles. The fourth-order valence-electron chi connectivity index (χ4n) is 3.09. The molecule has 2 aliphatic rings. The molecule has 3 unspecified atom stereocenters. The summed E-state index contributed by atoms with van der Waals surface area (Å²) >= 11 is 0. The Morgan fingerprint density at radius 1 is 1.39 bits per heavy atom. The van der Waals surface area contributed by atoms with E-state index in [1.807, 2.05) is 0 Å². The van der Waals surface area contributed by atoms with E-state index in [2.05, 4.69) is 30.6 Å². The third-order valence-corrected chi connectivity index (χ3v) is 4.52. The first-order valence-corrected chi connectivity index (χ1v) is 7.28. The average molecular weight is 253 g/mol. The zero-order chi connectivity index (χ0) is 13.3. The van der Waals surface area contributed by atoms with Gasteiger partial charge in [0.25, 0.3) is 0 Å². The van der Waals surface area contributed by atoms with Crippen molar-refractivity contribution in [2.45, 2.75) is 58.2 Å². The van der Waals surface area contributed by atoms with Gasteiger partial charge in [0.15, 0.2) is 0 Å². The molecular weight excluding hydrogens is 226 g/mol. The molecule has 0 aromatic carbocycles. The molecule has 2 heterocycles. The first-order valence-electron chi connectivity index (χ1n) is 7.28. The van der Waals surface area contributed by atoms with Crippen LogP contribution in [0.3, 0.4) is 0 Å². The Morgan fingerprint density at radius 3 is 2.78 bits per heavy atom. The van der Waals surface area contributed by atoms with E-state index in [4.69, 9.17) is 5.73 Å². The van der Waals surface area contributed by atoms with Crippen LogP contribution in [0.5, 0.6) is 0 Å². The van der Waals surface area contributed by atoms with Crippen LogP contribution in [0.1, 0.15) is 40.0 Å². The van der Waals surface area contributed by atoms with Crippen LogP contribution in [0.25, 0.3) is 0 Å². The highest BCUT2D eigenvalue weighted by atomic mass is 16.2. The second-order valence-corrected chi connectivity index (χ2v) is 6.30. The number of nitrogens with zero attached hydrogens (tertiary/aromatic N) is 2. The fourth-order valence-corrected chi connectivity index (χ4v) is 3.09. The van der Waals surface area contributed by atoms with Crippen LogP contribution in [-0.4, -0.2) is 53.5 Å². The van der Waals surface area contributed by atoms with Crippen molar-refractivity contribution < 1.29 is 4.79 Å². The summed E-state index contributed by atoms with van der Waals surface area (Å²) in [6, 6.07) is 0.929. The van der Waals surface area contributed by atoms with Gasteiger partial charge in [-0.1, -0.05) is 13.8 Å². The molecule has 0 aromatic heterocycles. The third-order valence-electron chi connectivity index (χ3n) is 4.52. The maximum Gasteiger partial charge on any atom is 0.224 e. The number of fused-ring (bicyclic) bond motifs is 1. The van der Waals surface area contributed by atoms with Gasteiger partial charge in [0.05, 0.1) is 0 Å². The quantitative estimate of drug-likeness (QED) is 0.818. The van der Waals surface area contributed by atoms with Gasteiger partial charge in [0.1, 0.15) is 0 Å². The topological polar surface area (TPSA) is 49.6 Å². The monoisotopic (exact) mass is 253 g/mol. The summed E-state index contributed by atoms with van der Waals surface area (Å²) in [5.41, 5.74) is 6.02. The summed E-state index contributed by atoms with van der Waals surface area (Å²) in [5, 5.41) is 0. The van der Waals surface area contributed by atoms with E-state index in [9.17, 15) is 4.79 Å². The zero-order valence-corrected chi connectivity index (χ0v) is 11.9. The van der Waals surface area contributed by atoms with Crippen LogP contribution in [0.2, 0.25) is 0 Å². The van der Waals surface area contributed by atoms with E-state index in [1.54, 1.807) is 0 Å². The maximum atomic E-state index is 12.3. The fraction of sp³-hybridized carbons (Fsp3) is 0.929. The minimum atomic E-state index is -0.00805. The smallest absolute Gasteiger partial charge is 0.224 e. The molecule has 2 N–H and O–H groups in total. The van der Waals surface area contributed by atoms with Gasteiger partial charge in [-0.3, -0.25) is 9.69 Å². The van der Waals surface area contributed by atoms with E-state index in [-0.39, 0.29) is 11.9 Å². The van der Waals surface area contributed by atoms with Crippen molar-refractivity contribution in [3.63, 3.8) is 0 Å². The van der Waals surface area contributed by atoms with E-state index in [0.717, 1.165) is 13.1 Å². The summed E-state index contributed by atoms with van der Waals surface area (Å²) in [6.07, 6.45) is 3.02. The molecule has 2 saturated heterocycles. The lowest BCUT2D eigenvalue weighted by Gasteiger charge is -2.42. The predicted octanol–water partition coefficient (Wildman–Crippen LogP) is 1.05. The molecule has 104 valence electrons. The number of nitrogens with two attached hydrogens (primary N) is 1. The zero-order valence-electron chi connectivity index (χ0n) is 11.9. The van der Waals surface area contributed by atoms with Gasteiger partial charge < -0.3 is 10.6 Å². The Kier molecular flexibility index (Phi) is 4.28. The molecule has 0 saturated carbocycles. The van der Waals surface area contributed by atoms with Crippen LogP contribution in [0, 0.1) is 5.92 Å². The Hall–Kier alpha value is -0.610. The lowest BCUT2D eigenvalue weighted by Crippen LogP contribution is -2.57. The molecule has 1 amide bonds. The molecular formula is C14H27N3O. The van der Waals surface area contributed by atoms with Crippen molar-refractivity contribution in [2.75, 3.05) is 19.6 Å². The molecule has 3 atom stereocenters. The molecule has 0 aliphatic carbocycles. The predicted molar refractivity (Wildman–Crippen MR) is 73.2 cm³/mol. The minimum absolute atomic E-state index is 0.00805. The summed E-state index contributed by atoms with van der Waals surface area (Å²) in [5.74, 6) is 0.618. The minimum Gasteiger partial charge on any atom is -0.337 e. The van der Waals surface area contributed by atoms with Crippen LogP contribution in [-0.2, 0) is 4.79 Å². The lowest BCUT2D eigenvalue weighted by atomic mass is 10.00. The first kappa shape index (κ1) is 13.8. The molecule has 0 spiro atoms. The van der Waals surface area contributed by atoms with E-state index >= 15 is 0 Å². The van der Waals surface area contributed by atoms with Gasteiger partial charge in [-0.05, 0) is 32.2 Å². The highest BCUT2D eigenvalue weighted by molar-refractivity contribution is 5.77. The summed E-state index contributed by atoms with van der Waals surface area (Å²) in [6.45, 7) is 9.47. The average Bonchev–Trinajstić information content (AvgIpc) is 2.74. The van der Waals surface area contributed by atoms with Crippen LogP contribution >= 0.6 is 0 Å². The summed E-state index contributed by atoms with van der Waals surface area (Å²) < 4.78 is 0. The van der Waals surface area contributed by atoms with Crippen molar-refractivity contribution >= 4 is 5.91 Å². The van der Waals surface area contributed by atoms with Crippen molar-refractivity contribution in [1.29, 1.82) is 0 Å². The SMILES string of the molecule is CC(C)C(N)CC(=O)N1CC2CCCN2CC1C. The van der Waals surface area contributed by atoms with Crippen molar-refractivity contribution in [3.05, 3.63) is 0 Å². The Labute approximate surface area is 110 Å². The van der Waals surface area contributed by atoms with Crippen LogP contribution in [0.4, 0.5) is 0 Å². The van der Waals surface area contributed by atoms with Gasteiger partial charge in [-0.25, -0.2) is 0 Å². The standard InChI is InChI=1S/C14H27N3O/c1-10(2)13(15)7-14(18)17-9-12-5-4-6-16(12)8-11(17)3/h10-13H,4-9,15H2,1-3H3. The number of piperazine rings is 1. The second kappa shape index (κ2) is 5.57. The number of carbonyl (C=O) groups is 1. The van der Waals surface area contributed by atoms with Crippen LogP contribution < -0.4 is 5.73 Å². The van der Waals surface area contributed by atoms with Crippen LogP contribution in [0.15, 0.2) is 0 Å². The molecule has 0 radical (unpaired) electrons. The molecule has 2 fully saturated rings. The van der Waals surface area contributed by atoms with Gasteiger partial charge in [-0.2, -0.15) is 0 Å². The number of hydrogen-bond acceptors (Lipinski definition) is 3. The van der Waals surface area contributed by atoms with Gasteiger partial charge in [0.2, 0.25) is 5.91 Å². The van der Waals surface area contributed by atoms with E-state index < -0.39 is 0 Å². The summed E-state index contributed by atoms with van der Waals surface area (Å²) in [7, 11) is 0. The molecule has 0 aromatic rings. The number of hydrogen-bond donors (Lipinski definition) is 1. The molecule has 0 bridgehead atoms. The highest BCUT2D eigenvalue weighted by Gasteiger charge is 2.36. The summed E-state index contributed by atoms with van der Waals surface area (Å²) in [4.78, 5) is 16.9. The third kappa shape index (κ3) is 2.86. The molecule has 4 heteroatoms. The van der Waals surface area contributed by atoms with Crippen molar-refractivity contribution in [3.8, 4) is 0 Å². The van der Waals surface area contributed by atoms with E-state index in [0.29, 0.717) is 24.4 Å². The van der Waals surface area contributed by atoms with E-state index in [1.165, 1.54) is 19.4 Å².